The Morgan fingerprint density at radius 3 is 3.00 bits per heavy atom. The SMILES string of the molecule is CCCC(C)n1cccnc1=O. The summed E-state index contributed by atoms with van der Waals surface area (Å²) in [6, 6.07) is 2.05. The lowest BCUT2D eigenvalue weighted by Gasteiger charge is -2.11. The number of nitrogens with zero attached hydrogens (tertiary/aromatic N) is 2. The van der Waals surface area contributed by atoms with Gasteiger partial charge >= 0.3 is 5.69 Å². The summed E-state index contributed by atoms with van der Waals surface area (Å²) in [5.41, 5.74) is -0.154. The summed E-state index contributed by atoms with van der Waals surface area (Å²) >= 11 is 0. The molecule has 0 radical (unpaired) electrons. The van der Waals surface area contributed by atoms with E-state index in [2.05, 4.69) is 11.9 Å². The van der Waals surface area contributed by atoms with Gasteiger partial charge in [-0.3, -0.25) is 4.57 Å². The number of aromatic nitrogens is 2. The van der Waals surface area contributed by atoms with Crippen LogP contribution in [0.4, 0.5) is 0 Å². The smallest absolute Gasteiger partial charge is 0.296 e. The van der Waals surface area contributed by atoms with E-state index in [4.69, 9.17) is 0 Å². The van der Waals surface area contributed by atoms with Crippen LogP contribution in [0.1, 0.15) is 32.7 Å². The third-order valence-corrected chi connectivity index (χ3v) is 1.92. The summed E-state index contributed by atoms with van der Waals surface area (Å²) in [6.45, 7) is 4.14. The van der Waals surface area contributed by atoms with Crippen LogP contribution in [0.5, 0.6) is 0 Å². The minimum atomic E-state index is -0.154. The van der Waals surface area contributed by atoms with E-state index in [0.717, 1.165) is 12.8 Å². The van der Waals surface area contributed by atoms with Crippen LogP contribution in [-0.4, -0.2) is 9.55 Å². The second-order valence-electron chi connectivity index (χ2n) is 2.95. The molecular formula is C9H14N2O. The lowest BCUT2D eigenvalue weighted by Crippen LogP contribution is -2.24. The topological polar surface area (TPSA) is 34.9 Å². The fraction of sp³-hybridized carbons (Fsp3) is 0.556. The van der Waals surface area contributed by atoms with Crippen molar-refractivity contribution in [2.24, 2.45) is 0 Å². The highest BCUT2D eigenvalue weighted by molar-refractivity contribution is 4.83. The quantitative estimate of drug-likeness (QED) is 0.683. The molecule has 0 saturated heterocycles. The van der Waals surface area contributed by atoms with Crippen LogP contribution in [-0.2, 0) is 0 Å². The minimum Gasteiger partial charge on any atom is -0.296 e. The van der Waals surface area contributed by atoms with Gasteiger partial charge in [0, 0.05) is 18.4 Å². The van der Waals surface area contributed by atoms with Gasteiger partial charge in [-0.25, -0.2) is 9.78 Å². The van der Waals surface area contributed by atoms with Gasteiger partial charge < -0.3 is 0 Å². The number of rotatable bonds is 3. The third-order valence-electron chi connectivity index (χ3n) is 1.92. The van der Waals surface area contributed by atoms with Gasteiger partial charge in [0.25, 0.3) is 0 Å². The van der Waals surface area contributed by atoms with Gasteiger partial charge in [-0.05, 0) is 19.4 Å². The third kappa shape index (κ3) is 1.94. The van der Waals surface area contributed by atoms with Gasteiger partial charge in [-0.2, -0.15) is 0 Å². The van der Waals surface area contributed by atoms with Crippen LogP contribution in [0.3, 0.4) is 0 Å². The van der Waals surface area contributed by atoms with Gasteiger partial charge in [-0.1, -0.05) is 13.3 Å². The molecule has 1 rings (SSSR count). The van der Waals surface area contributed by atoms with Crippen LogP contribution in [0.15, 0.2) is 23.3 Å². The van der Waals surface area contributed by atoms with Crippen molar-refractivity contribution in [1.82, 2.24) is 9.55 Å². The van der Waals surface area contributed by atoms with Gasteiger partial charge in [0.05, 0.1) is 0 Å². The van der Waals surface area contributed by atoms with Gasteiger partial charge in [-0.15, -0.1) is 0 Å². The van der Waals surface area contributed by atoms with E-state index in [0.29, 0.717) is 0 Å². The highest BCUT2D eigenvalue weighted by Crippen LogP contribution is 2.08. The maximum atomic E-state index is 11.2. The molecule has 1 aromatic heterocycles. The second-order valence-corrected chi connectivity index (χ2v) is 2.95. The molecule has 66 valence electrons. The molecule has 0 saturated carbocycles. The number of hydrogen-bond donors (Lipinski definition) is 0. The molecule has 0 aliphatic rings. The Morgan fingerprint density at radius 2 is 2.42 bits per heavy atom. The van der Waals surface area contributed by atoms with E-state index in [1.54, 1.807) is 16.8 Å². The lowest BCUT2D eigenvalue weighted by atomic mass is 10.2. The maximum absolute atomic E-state index is 11.2. The summed E-state index contributed by atoms with van der Waals surface area (Å²) in [7, 11) is 0. The van der Waals surface area contributed by atoms with E-state index >= 15 is 0 Å². The Hall–Kier alpha value is -1.12. The van der Waals surface area contributed by atoms with E-state index in [9.17, 15) is 4.79 Å². The molecule has 1 unspecified atom stereocenters. The Kier molecular flexibility index (Phi) is 3.02. The van der Waals surface area contributed by atoms with E-state index in [-0.39, 0.29) is 11.7 Å². The zero-order valence-electron chi connectivity index (χ0n) is 7.53. The first-order valence-corrected chi connectivity index (χ1v) is 4.29. The van der Waals surface area contributed by atoms with Crippen LogP contribution in [0.25, 0.3) is 0 Å². The Balaban J connectivity index is 2.87. The molecule has 0 amide bonds. The van der Waals surface area contributed by atoms with Crippen molar-refractivity contribution in [3.63, 3.8) is 0 Å². The maximum Gasteiger partial charge on any atom is 0.347 e. The molecule has 12 heavy (non-hydrogen) atoms. The fourth-order valence-corrected chi connectivity index (χ4v) is 1.26. The molecule has 0 bridgehead atoms. The van der Waals surface area contributed by atoms with Crippen molar-refractivity contribution >= 4 is 0 Å². The second kappa shape index (κ2) is 4.04. The molecule has 0 aliphatic carbocycles. The van der Waals surface area contributed by atoms with Crippen LogP contribution in [0.2, 0.25) is 0 Å². The van der Waals surface area contributed by atoms with Crippen LogP contribution in [0, 0.1) is 0 Å². The van der Waals surface area contributed by atoms with Crippen molar-refractivity contribution in [3.8, 4) is 0 Å². The fourth-order valence-electron chi connectivity index (χ4n) is 1.26. The molecule has 0 spiro atoms. The first-order chi connectivity index (χ1) is 5.75. The Morgan fingerprint density at radius 1 is 1.67 bits per heavy atom. The Labute approximate surface area is 72.1 Å². The summed E-state index contributed by atoms with van der Waals surface area (Å²) in [6.07, 6.45) is 5.42. The normalized spacial score (nSPS) is 12.8. The highest BCUT2D eigenvalue weighted by Gasteiger charge is 2.03. The molecule has 0 fully saturated rings. The molecule has 0 aliphatic heterocycles. The van der Waals surface area contributed by atoms with Crippen molar-refractivity contribution in [1.29, 1.82) is 0 Å². The standard InChI is InChI=1S/C9H14N2O/c1-3-5-8(2)11-7-4-6-10-9(11)12/h4,6-8H,3,5H2,1-2H3. The molecule has 1 heterocycles. The van der Waals surface area contributed by atoms with E-state index in [1.165, 1.54) is 6.20 Å². The summed E-state index contributed by atoms with van der Waals surface area (Å²) in [5.74, 6) is 0. The zero-order valence-corrected chi connectivity index (χ0v) is 7.53. The molecule has 0 aromatic carbocycles. The van der Waals surface area contributed by atoms with Crippen molar-refractivity contribution in [2.45, 2.75) is 32.7 Å². The zero-order chi connectivity index (χ0) is 8.97. The van der Waals surface area contributed by atoms with Gasteiger partial charge in [0.1, 0.15) is 0 Å². The van der Waals surface area contributed by atoms with E-state index in [1.807, 2.05) is 6.92 Å². The van der Waals surface area contributed by atoms with Crippen molar-refractivity contribution in [3.05, 3.63) is 28.9 Å². The lowest BCUT2D eigenvalue weighted by molar-refractivity contribution is 0.478. The minimum absolute atomic E-state index is 0.154. The first kappa shape index (κ1) is 8.97. The summed E-state index contributed by atoms with van der Waals surface area (Å²) < 4.78 is 1.67. The largest absolute Gasteiger partial charge is 0.347 e. The Bertz CT molecular complexity index is 293. The molecule has 3 nitrogen and oxygen atoms in total. The first-order valence-electron chi connectivity index (χ1n) is 4.29. The molecule has 0 N–H and O–H groups in total. The average Bonchev–Trinajstić information content (AvgIpc) is 2.05. The van der Waals surface area contributed by atoms with Gasteiger partial charge in [0.2, 0.25) is 0 Å². The van der Waals surface area contributed by atoms with Gasteiger partial charge in [0.15, 0.2) is 0 Å². The summed E-state index contributed by atoms with van der Waals surface area (Å²) in [4.78, 5) is 14.9. The predicted octanol–water partition coefficient (Wildman–Crippen LogP) is 1.60. The molecular weight excluding hydrogens is 152 g/mol. The van der Waals surface area contributed by atoms with E-state index < -0.39 is 0 Å². The monoisotopic (exact) mass is 166 g/mol. The molecule has 3 heteroatoms. The molecule has 1 aromatic rings. The number of hydrogen-bond acceptors (Lipinski definition) is 2. The average molecular weight is 166 g/mol. The van der Waals surface area contributed by atoms with Crippen molar-refractivity contribution in [2.75, 3.05) is 0 Å². The van der Waals surface area contributed by atoms with Crippen LogP contribution >= 0.6 is 0 Å². The molecule has 1 atom stereocenters. The van der Waals surface area contributed by atoms with Crippen molar-refractivity contribution < 1.29 is 0 Å². The predicted molar refractivity (Wildman–Crippen MR) is 48.1 cm³/mol. The highest BCUT2D eigenvalue weighted by atomic mass is 16.1. The summed E-state index contributed by atoms with van der Waals surface area (Å²) in [5, 5.41) is 0. The van der Waals surface area contributed by atoms with Crippen LogP contribution < -0.4 is 5.69 Å².